The van der Waals surface area contributed by atoms with E-state index in [-0.39, 0.29) is 0 Å². The number of aromatic nitrogens is 2. The van der Waals surface area contributed by atoms with E-state index in [1.54, 1.807) is 30.6 Å². The molecule has 0 saturated carbocycles. The van der Waals surface area contributed by atoms with Crippen molar-refractivity contribution in [2.24, 2.45) is 5.73 Å². The second-order valence-corrected chi connectivity index (χ2v) is 4.88. The van der Waals surface area contributed by atoms with Gasteiger partial charge in [-0.1, -0.05) is 11.6 Å². The number of halogens is 2. The van der Waals surface area contributed by atoms with Gasteiger partial charge in [-0.05, 0) is 52.7 Å². The number of nitrogens with zero attached hydrogens (tertiary/aromatic N) is 2. The lowest BCUT2D eigenvalue weighted by atomic mass is 10.2. The average molecular weight is 329 g/mol. The van der Waals surface area contributed by atoms with Gasteiger partial charge >= 0.3 is 6.01 Å². The largest absolute Gasteiger partial charge is 0.423 e. The second-order valence-electron chi connectivity index (χ2n) is 3.59. The summed E-state index contributed by atoms with van der Waals surface area (Å²) in [6.45, 7) is 0.576. The molecule has 18 heavy (non-hydrogen) atoms. The minimum atomic E-state index is 0.291. The predicted molar refractivity (Wildman–Crippen MR) is 74.0 cm³/mol. The van der Waals surface area contributed by atoms with E-state index in [9.17, 15) is 0 Å². The SMILES string of the molecule is NCCc1cnc(Oc2ccc(Cl)cc2Br)nc1. The second kappa shape index (κ2) is 6.13. The molecule has 2 rings (SSSR count). The first kappa shape index (κ1) is 13.3. The Labute approximate surface area is 118 Å². The first-order valence-electron chi connectivity index (χ1n) is 5.33. The third-order valence-electron chi connectivity index (χ3n) is 2.21. The lowest BCUT2D eigenvalue weighted by Crippen LogP contribution is -2.03. The Bertz CT molecular complexity index is 533. The van der Waals surface area contributed by atoms with E-state index in [0.29, 0.717) is 23.3 Å². The summed E-state index contributed by atoms with van der Waals surface area (Å²) in [5.41, 5.74) is 6.44. The van der Waals surface area contributed by atoms with Crippen LogP contribution >= 0.6 is 27.5 Å². The van der Waals surface area contributed by atoms with Gasteiger partial charge in [0.05, 0.1) is 4.47 Å². The molecule has 0 atom stereocenters. The fraction of sp³-hybridized carbons (Fsp3) is 0.167. The van der Waals surface area contributed by atoms with Crippen LogP contribution in [-0.2, 0) is 6.42 Å². The molecule has 2 aromatic rings. The molecule has 6 heteroatoms. The smallest absolute Gasteiger partial charge is 0.321 e. The summed E-state index contributed by atoms with van der Waals surface area (Å²) in [4.78, 5) is 8.23. The van der Waals surface area contributed by atoms with E-state index in [0.717, 1.165) is 16.5 Å². The lowest BCUT2D eigenvalue weighted by molar-refractivity contribution is 0.438. The zero-order valence-electron chi connectivity index (χ0n) is 9.44. The fourth-order valence-corrected chi connectivity index (χ4v) is 2.11. The Kier molecular flexibility index (Phi) is 4.52. The Morgan fingerprint density at radius 2 is 2.00 bits per heavy atom. The van der Waals surface area contributed by atoms with Crippen molar-refractivity contribution in [3.8, 4) is 11.8 Å². The van der Waals surface area contributed by atoms with Crippen molar-refractivity contribution in [3.63, 3.8) is 0 Å². The highest BCUT2D eigenvalue weighted by atomic mass is 79.9. The van der Waals surface area contributed by atoms with E-state index in [4.69, 9.17) is 22.1 Å². The van der Waals surface area contributed by atoms with Gasteiger partial charge in [0.1, 0.15) is 5.75 Å². The van der Waals surface area contributed by atoms with Crippen LogP contribution < -0.4 is 10.5 Å². The molecule has 0 saturated heterocycles. The quantitative estimate of drug-likeness (QED) is 0.936. The summed E-state index contributed by atoms with van der Waals surface area (Å²) >= 11 is 9.21. The van der Waals surface area contributed by atoms with Crippen molar-refractivity contribution in [2.45, 2.75) is 6.42 Å². The summed E-state index contributed by atoms with van der Waals surface area (Å²) in [5, 5.41) is 0.633. The molecule has 4 nitrogen and oxygen atoms in total. The third-order valence-corrected chi connectivity index (χ3v) is 3.06. The highest BCUT2D eigenvalue weighted by Crippen LogP contribution is 2.30. The molecule has 0 amide bonds. The van der Waals surface area contributed by atoms with Crippen LogP contribution in [0.15, 0.2) is 35.1 Å². The maximum Gasteiger partial charge on any atom is 0.321 e. The molecule has 0 unspecified atom stereocenters. The maximum absolute atomic E-state index is 5.85. The molecule has 1 aromatic carbocycles. The van der Waals surface area contributed by atoms with Crippen molar-refractivity contribution >= 4 is 27.5 Å². The van der Waals surface area contributed by atoms with Crippen LogP contribution in [0.1, 0.15) is 5.56 Å². The molecule has 0 aliphatic rings. The maximum atomic E-state index is 5.85. The van der Waals surface area contributed by atoms with Crippen LogP contribution in [0.2, 0.25) is 5.02 Å². The predicted octanol–water partition coefficient (Wildman–Crippen LogP) is 3.19. The zero-order chi connectivity index (χ0) is 13.0. The number of rotatable bonds is 4. The number of nitrogens with two attached hydrogens (primary N) is 1. The highest BCUT2D eigenvalue weighted by molar-refractivity contribution is 9.10. The molecule has 0 radical (unpaired) electrons. The first-order valence-corrected chi connectivity index (χ1v) is 6.50. The Hall–Kier alpha value is -1.17. The normalized spacial score (nSPS) is 10.4. The Morgan fingerprint density at radius 1 is 1.28 bits per heavy atom. The van der Waals surface area contributed by atoms with Gasteiger partial charge in [-0.25, -0.2) is 9.97 Å². The van der Waals surface area contributed by atoms with E-state index < -0.39 is 0 Å². The number of benzene rings is 1. The van der Waals surface area contributed by atoms with E-state index in [2.05, 4.69) is 25.9 Å². The number of hydrogen-bond donors (Lipinski definition) is 1. The topological polar surface area (TPSA) is 61.0 Å². The van der Waals surface area contributed by atoms with E-state index >= 15 is 0 Å². The fourth-order valence-electron chi connectivity index (χ4n) is 1.35. The van der Waals surface area contributed by atoms with Crippen LogP contribution in [0.4, 0.5) is 0 Å². The molecule has 2 N–H and O–H groups in total. The third kappa shape index (κ3) is 3.41. The molecule has 0 spiro atoms. The number of ether oxygens (including phenoxy) is 1. The van der Waals surface area contributed by atoms with Gasteiger partial charge in [0.15, 0.2) is 0 Å². The van der Waals surface area contributed by atoms with Crippen LogP contribution in [0, 0.1) is 0 Å². The van der Waals surface area contributed by atoms with Crippen molar-refractivity contribution < 1.29 is 4.74 Å². The van der Waals surface area contributed by atoms with Crippen molar-refractivity contribution in [3.05, 3.63) is 45.7 Å². The molecule has 0 fully saturated rings. The standard InChI is InChI=1S/C12H11BrClN3O/c13-10-5-9(14)1-2-11(10)18-12-16-6-8(3-4-15)7-17-12/h1-2,5-7H,3-4,15H2. The van der Waals surface area contributed by atoms with Gasteiger partial charge in [0, 0.05) is 17.4 Å². The highest BCUT2D eigenvalue weighted by Gasteiger charge is 2.05. The molecule has 94 valence electrons. The van der Waals surface area contributed by atoms with Crippen LogP contribution in [0.3, 0.4) is 0 Å². The van der Waals surface area contributed by atoms with E-state index in [1.165, 1.54) is 0 Å². The molecular formula is C12H11BrClN3O. The minimum absolute atomic E-state index is 0.291. The van der Waals surface area contributed by atoms with Gasteiger partial charge in [0.2, 0.25) is 0 Å². The molecule has 0 aliphatic heterocycles. The molecule has 1 heterocycles. The zero-order valence-corrected chi connectivity index (χ0v) is 11.8. The molecule has 1 aromatic heterocycles. The summed E-state index contributed by atoms with van der Waals surface area (Å²) in [5.74, 6) is 0.617. The molecule has 0 aliphatic carbocycles. The first-order chi connectivity index (χ1) is 8.69. The van der Waals surface area contributed by atoms with Crippen LogP contribution in [0.5, 0.6) is 11.8 Å². The summed E-state index contributed by atoms with van der Waals surface area (Å²) in [6, 6.07) is 5.53. The molecular weight excluding hydrogens is 318 g/mol. The van der Waals surface area contributed by atoms with Crippen molar-refractivity contribution in [2.75, 3.05) is 6.54 Å². The van der Waals surface area contributed by atoms with Gasteiger partial charge in [-0.2, -0.15) is 0 Å². The van der Waals surface area contributed by atoms with Gasteiger partial charge in [-0.15, -0.1) is 0 Å². The summed E-state index contributed by atoms with van der Waals surface area (Å²) < 4.78 is 6.29. The van der Waals surface area contributed by atoms with Crippen LogP contribution in [0.25, 0.3) is 0 Å². The van der Waals surface area contributed by atoms with Gasteiger partial charge < -0.3 is 10.5 Å². The number of hydrogen-bond acceptors (Lipinski definition) is 4. The van der Waals surface area contributed by atoms with Crippen molar-refractivity contribution in [1.29, 1.82) is 0 Å². The van der Waals surface area contributed by atoms with E-state index in [1.807, 2.05) is 0 Å². The Morgan fingerprint density at radius 3 is 2.61 bits per heavy atom. The van der Waals surface area contributed by atoms with Gasteiger partial charge in [-0.3, -0.25) is 0 Å². The van der Waals surface area contributed by atoms with Crippen LogP contribution in [-0.4, -0.2) is 16.5 Å². The monoisotopic (exact) mass is 327 g/mol. The Balaban J connectivity index is 2.13. The summed E-state index contributed by atoms with van der Waals surface area (Å²) in [7, 11) is 0. The lowest BCUT2D eigenvalue weighted by Gasteiger charge is -2.06. The summed E-state index contributed by atoms with van der Waals surface area (Å²) in [6.07, 6.45) is 4.17. The molecule has 0 bridgehead atoms. The minimum Gasteiger partial charge on any atom is -0.423 e. The average Bonchev–Trinajstić information content (AvgIpc) is 2.35. The van der Waals surface area contributed by atoms with Gasteiger partial charge in [0.25, 0.3) is 0 Å². The van der Waals surface area contributed by atoms with Crippen molar-refractivity contribution in [1.82, 2.24) is 9.97 Å².